The van der Waals surface area contributed by atoms with Gasteiger partial charge in [-0.25, -0.2) is 4.98 Å². The number of nitrogens with zero attached hydrogens (tertiary/aromatic N) is 2. The largest absolute Gasteiger partial charge is 0.481 e. The summed E-state index contributed by atoms with van der Waals surface area (Å²) < 4.78 is 0. The zero-order valence-corrected chi connectivity index (χ0v) is 12.7. The maximum atomic E-state index is 11.8. The Morgan fingerprint density at radius 2 is 2.41 bits per heavy atom. The van der Waals surface area contributed by atoms with Crippen LogP contribution < -0.4 is 16.0 Å². The molecule has 1 aliphatic heterocycles. The lowest BCUT2D eigenvalue weighted by molar-refractivity contribution is -0.142. The van der Waals surface area contributed by atoms with Gasteiger partial charge in [-0.3, -0.25) is 4.79 Å². The molecule has 2 unspecified atom stereocenters. The molecule has 1 fully saturated rings. The van der Waals surface area contributed by atoms with Crippen molar-refractivity contribution in [3.05, 3.63) is 35.8 Å². The molecule has 6 heteroatoms. The van der Waals surface area contributed by atoms with Crippen LogP contribution in [-0.4, -0.2) is 29.3 Å². The number of carboxylic acid groups (broad SMARTS) is 1. The number of aromatic nitrogens is 1. The molecule has 4 N–H and O–H groups in total. The van der Waals surface area contributed by atoms with Crippen LogP contribution in [0.5, 0.6) is 0 Å². The number of hydrogen-bond acceptors (Lipinski definition) is 5. The molecule has 22 heavy (non-hydrogen) atoms. The highest BCUT2D eigenvalue weighted by atomic mass is 16.4. The van der Waals surface area contributed by atoms with Crippen LogP contribution >= 0.6 is 0 Å². The van der Waals surface area contributed by atoms with Gasteiger partial charge in [0, 0.05) is 18.1 Å². The van der Waals surface area contributed by atoms with Gasteiger partial charge in [-0.2, -0.15) is 0 Å². The number of aliphatic carboxylic acids is 1. The zero-order valence-electron chi connectivity index (χ0n) is 12.7. The van der Waals surface area contributed by atoms with Gasteiger partial charge in [-0.1, -0.05) is 6.07 Å². The third-order valence-electron chi connectivity index (χ3n) is 4.64. The van der Waals surface area contributed by atoms with Crippen molar-refractivity contribution in [3.8, 4) is 0 Å². The molecule has 3 rings (SSSR count). The molecule has 0 radical (unpaired) electrons. The van der Waals surface area contributed by atoms with Crippen LogP contribution in [0, 0.1) is 18.3 Å². The fourth-order valence-corrected chi connectivity index (χ4v) is 3.22. The Morgan fingerprint density at radius 3 is 3.05 bits per heavy atom. The summed E-state index contributed by atoms with van der Waals surface area (Å²) in [7, 11) is 0. The first-order valence-corrected chi connectivity index (χ1v) is 7.67. The minimum atomic E-state index is -0.755. The molecule has 0 saturated heterocycles. The minimum absolute atomic E-state index is 0.179. The van der Waals surface area contributed by atoms with Crippen molar-refractivity contribution < 1.29 is 9.90 Å². The maximum absolute atomic E-state index is 11.8. The van der Waals surface area contributed by atoms with E-state index >= 15 is 0 Å². The van der Waals surface area contributed by atoms with E-state index in [2.05, 4.69) is 10.3 Å². The van der Waals surface area contributed by atoms with E-state index in [4.69, 9.17) is 5.73 Å². The molecular weight excluding hydrogens is 280 g/mol. The molecule has 1 aliphatic carbocycles. The molecule has 118 valence electrons. The summed E-state index contributed by atoms with van der Waals surface area (Å²) in [6.45, 7) is 3.16. The van der Waals surface area contributed by atoms with Crippen LogP contribution in [0.15, 0.2) is 30.2 Å². The van der Waals surface area contributed by atoms with E-state index in [0.29, 0.717) is 19.6 Å². The van der Waals surface area contributed by atoms with Crippen molar-refractivity contribution in [1.82, 2.24) is 10.3 Å². The zero-order chi connectivity index (χ0) is 15.7. The summed E-state index contributed by atoms with van der Waals surface area (Å²) in [6.07, 6.45) is 6.14. The number of anilines is 1. The highest BCUT2D eigenvalue weighted by Gasteiger charge is 2.63. The van der Waals surface area contributed by atoms with E-state index < -0.39 is 11.4 Å². The van der Waals surface area contributed by atoms with E-state index in [0.717, 1.165) is 29.9 Å². The van der Waals surface area contributed by atoms with Gasteiger partial charge in [-0.05, 0) is 50.3 Å². The standard InChI is InChI=1S/C16H22N4O2/c1-11-4-5-14(18-8-11)20-9-13(19-10-20)16(15(21)22)7-12(16)3-2-6-17/h4-5,8-9,12,19H,2-3,6-7,10,17H2,1H3,(H,21,22). The lowest BCUT2D eigenvalue weighted by atomic mass is 9.97. The molecule has 0 aromatic carbocycles. The van der Waals surface area contributed by atoms with Gasteiger partial charge in [0.25, 0.3) is 0 Å². The van der Waals surface area contributed by atoms with Crippen LogP contribution in [0.2, 0.25) is 0 Å². The van der Waals surface area contributed by atoms with Gasteiger partial charge >= 0.3 is 5.97 Å². The van der Waals surface area contributed by atoms with Gasteiger partial charge in [0.1, 0.15) is 11.2 Å². The third-order valence-corrected chi connectivity index (χ3v) is 4.64. The lowest BCUT2D eigenvalue weighted by Gasteiger charge is -2.13. The van der Waals surface area contributed by atoms with Crippen molar-refractivity contribution in [2.45, 2.75) is 26.2 Å². The second kappa shape index (κ2) is 5.61. The quantitative estimate of drug-likeness (QED) is 0.736. The molecule has 2 aliphatic rings. The van der Waals surface area contributed by atoms with Crippen LogP contribution in [0.1, 0.15) is 24.8 Å². The Kier molecular flexibility index (Phi) is 3.78. The molecule has 1 saturated carbocycles. The molecule has 6 nitrogen and oxygen atoms in total. The van der Waals surface area contributed by atoms with E-state index in [1.807, 2.05) is 36.4 Å². The molecule has 1 aromatic heterocycles. The Morgan fingerprint density at radius 1 is 1.59 bits per heavy atom. The number of nitrogens with two attached hydrogens (primary N) is 1. The predicted molar refractivity (Wildman–Crippen MR) is 84.0 cm³/mol. The Bertz CT molecular complexity index is 599. The fraction of sp³-hybridized carbons (Fsp3) is 0.500. The average Bonchev–Trinajstić information content (AvgIpc) is 3.04. The van der Waals surface area contributed by atoms with Crippen molar-refractivity contribution in [3.63, 3.8) is 0 Å². The smallest absolute Gasteiger partial charge is 0.315 e. The summed E-state index contributed by atoms with van der Waals surface area (Å²) in [5, 5.41) is 12.9. The molecule has 2 atom stereocenters. The highest BCUT2D eigenvalue weighted by Crippen LogP contribution is 2.59. The number of rotatable bonds is 6. The first-order chi connectivity index (χ1) is 10.6. The molecular formula is C16H22N4O2. The number of pyridine rings is 1. The average molecular weight is 302 g/mol. The van der Waals surface area contributed by atoms with E-state index in [9.17, 15) is 9.90 Å². The van der Waals surface area contributed by atoms with Gasteiger partial charge in [0.2, 0.25) is 0 Å². The molecule has 2 heterocycles. The number of carbonyl (C=O) groups is 1. The summed E-state index contributed by atoms with van der Waals surface area (Å²) in [5.74, 6) is 0.262. The summed E-state index contributed by atoms with van der Waals surface area (Å²) in [6, 6.07) is 3.95. The summed E-state index contributed by atoms with van der Waals surface area (Å²) in [4.78, 5) is 18.1. The van der Waals surface area contributed by atoms with Crippen LogP contribution in [0.25, 0.3) is 0 Å². The van der Waals surface area contributed by atoms with Crippen molar-refractivity contribution >= 4 is 11.8 Å². The topological polar surface area (TPSA) is 91.5 Å². The summed E-state index contributed by atoms with van der Waals surface area (Å²) in [5.41, 5.74) is 6.68. The van der Waals surface area contributed by atoms with Gasteiger partial charge in [0.05, 0.1) is 6.67 Å². The first-order valence-electron chi connectivity index (χ1n) is 7.67. The lowest BCUT2D eigenvalue weighted by Crippen LogP contribution is -2.28. The number of carboxylic acids is 1. The highest BCUT2D eigenvalue weighted by molar-refractivity contribution is 5.83. The fourth-order valence-electron chi connectivity index (χ4n) is 3.22. The molecule has 0 spiro atoms. The Balaban J connectivity index is 1.78. The predicted octanol–water partition coefficient (Wildman–Crippen LogP) is 1.43. The van der Waals surface area contributed by atoms with Crippen LogP contribution in [0.3, 0.4) is 0 Å². The molecule has 0 amide bonds. The number of aryl methyl sites for hydroxylation is 1. The number of hydrogen-bond donors (Lipinski definition) is 3. The maximum Gasteiger partial charge on any atom is 0.315 e. The third kappa shape index (κ3) is 2.43. The van der Waals surface area contributed by atoms with Gasteiger partial charge in [0.15, 0.2) is 0 Å². The van der Waals surface area contributed by atoms with Crippen molar-refractivity contribution in [2.24, 2.45) is 17.1 Å². The monoisotopic (exact) mass is 302 g/mol. The first kappa shape index (κ1) is 14.8. The normalized spacial score (nSPS) is 26.5. The van der Waals surface area contributed by atoms with E-state index in [-0.39, 0.29) is 5.92 Å². The van der Waals surface area contributed by atoms with Crippen molar-refractivity contribution in [1.29, 1.82) is 0 Å². The van der Waals surface area contributed by atoms with E-state index in [1.54, 1.807) is 0 Å². The second-order valence-electron chi connectivity index (χ2n) is 6.15. The van der Waals surface area contributed by atoms with E-state index in [1.165, 1.54) is 0 Å². The summed E-state index contributed by atoms with van der Waals surface area (Å²) >= 11 is 0. The molecule has 0 bridgehead atoms. The Labute approximate surface area is 130 Å². The van der Waals surface area contributed by atoms with Crippen LogP contribution in [-0.2, 0) is 4.79 Å². The molecule has 1 aromatic rings. The van der Waals surface area contributed by atoms with Gasteiger partial charge in [-0.15, -0.1) is 0 Å². The van der Waals surface area contributed by atoms with Crippen LogP contribution in [0.4, 0.5) is 5.82 Å². The SMILES string of the molecule is Cc1ccc(N2C=C(C3(C(=O)O)CC3CCCN)NC2)nc1. The van der Waals surface area contributed by atoms with Crippen molar-refractivity contribution in [2.75, 3.05) is 18.1 Å². The van der Waals surface area contributed by atoms with Gasteiger partial charge < -0.3 is 21.1 Å². The number of nitrogens with one attached hydrogen (secondary N) is 1. The second-order valence-corrected chi connectivity index (χ2v) is 6.15. The minimum Gasteiger partial charge on any atom is -0.481 e. The Hall–Kier alpha value is -2.08.